The molecule has 1 saturated heterocycles. The molecule has 1 spiro atoms. The molecule has 0 aliphatic carbocycles. The number of carbonyl (C=O) groups is 1. The predicted octanol–water partition coefficient (Wildman–Crippen LogP) is 0.967. The van der Waals surface area contributed by atoms with E-state index in [0.717, 1.165) is 11.8 Å². The third-order valence-corrected chi connectivity index (χ3v) is 4.31. The maximum Gasteiger partial charge on any atom is 0.269 e. The van der Waals surface area contributed by atoms with Gasteiger partial charge < -0.3 is 15.2 Å². The Kier molecular flexibility index (Phi) is 3.40. The van der Waals surface area contributed by atoms with Crippen LogP contribution in [0.1, 0.15) is 11.9 Å². The number of rotatable bonds is 2. The second-order valence-corrected chi connectivity index (χ2v) is 6.06. The molecule has 2 aliphatic rings. The van der Waals surface area contributed by atoms with Crippen molar-refractivity contribution in [3.05, 3.63) is 39.9 Å². The van der Waals surface area contributed by atoms with Gasteiger partial charge in [-0.1, -0.05) is 11.8 Å². The zero-order valence-corrected chi connectivity index (χ0v) is 11.5. The number of carbonyl (C=O) groups excluding carboxylic acids is 1. The van der Waals surface area contributed by atoms with Crippen LogP contribution in [0.3, 0.4) is 0 Å². The number of thioether (sulfide) groups is 1. The second-order valence-electron chi connectivity index (χ2n) is 4.65. The molecule has 0 bridgehead atoms. The number of hydrogen-bond acceptors (Lipinski definition) is 7. The van der Waals surface area contributed by atoms with E-state index in [2.05, 4.69) is 4.99 Å². The molecule has 0 aromatic heterocycles. The number of nitro benzene ring substituents is 1. The Hall–Kier alpha value is -1.97. The van der Waals surface area contributed by atoms with Crippen molar-refractivity contribution in [3.63, 3.8) is 0 Å². The molecule has 0 saturated carbocycles. The van der Waals surface area contributed by atoms with Crippen molar-refractivity contribution in [2.24, 2.45) is 10.7 Å². The van der Waals surface area contributed by atoms with E-state index in [1.165, 1.54) is 12.1 Å². The van der Waals surface area contributed by atoms with Crippen LogP contribution >= 0.6 is 11.8 Å². The van der Waals surface area contributed by atoms with E-state index < -0.39 is 16.0 Å². The fourth-order valence-electron chi connectivity index (χ4n) is 2.11. The number of aliphatic imine (C=N–C) groups is 1. The first-order chi connectivity index (χ1) is 10.00. The maximum atomic E-state index is 11.8. The van der Waals surface area contributed by atoms with Gasteiger partial charge in [0.1, 0.15) is 0 Å². The van der Waals surface area contributed by atoms with E-state index in [-0.39, 0.29) is 30.0 Å². The number of benzene rings is 1. The third kappa shape index (κ3) is 2.50. The van der Waals surface area contributed by atoms with Gasteiger partial charge in [-0.15, -0.1) is 0 Å². The summed E-state index contributed by atoms with van der Waals surface area (Å²) < 4.78 is 10.2. The van der Waals surface area contributed by atoms with Crippen LogP contribution in [0.4, 0.5) is 5.69 Å². The van der Waals surface area contributed by atoms with Gasteiger partial charge in [0.2, 0.25) is 0 Å². The van der Waals surface area contributed by atoms with Crippen molar-refractivity contribution in [1.29, 1.82) is 0 Å². The zero-order chi connectivity index (χ0) is 15.0. The van der Waals surface area contributed by atoms with E-state index in [1.807, 2.05) is 0 Å². The van der Waals surface area contributed by atoms with Gasteiger partial charge in [0.05, 0.1) is 18.1 Å². The molecule has 2 heterocycles. The van der Waals surface area contributed by atoms with Crippen molar-refractivity contribution < 1.29 is 19.2 Å². The molecule has 110 valence electrons. The summed E-state index contributed by atoms with van der Waals surface area (Å²) in [5.74, 6) is -0.354. The summed E-state index contributed by atoms with van der Waals surface area (Å²) >= 11 is 1.14. The number of non-ortho nitro benzene ring substituents is 1. The summed E-state index contributed by atoms with van der Waals surface area (Å²) in [6.07, 6.45) is -0.661. The number of hydrogen-bond donors (Lipinski definition) is 1. The Bertz CT molecular complexity index is 622. The van der Waals surface area contributed by atoms with Gasteiger partial charge in [-0.25, -0.2) is 0 Å². The van der Waals surface area contributed by atoms with Gasteiger partial charge in [-0.3, -0.25) is 14.9 Å². The van der Waals surface area contributed by atoms with Gasteiger partial charge in [0.25, 0.3) is 11.6 Å². The highest BCUT2D eigenvalue weighted by atomic mass is 32.2. The molecule has 1 amide bonds. The maximum absolute atomic E-state index is 11.8. The molecule has 2 N–H and O–H groups in total. The average molecular weight is 309 g/mol. The van der Waals surface area contributed by atoms with Gasteiger partial charge in [0, 0.05) is 17.7 Å². The molecule has 1 aromatic rings. The first kappa shape index (κ1) is 14.0. The number of nitro groups is 1. The molecule has 9 heteroatoms. The van der Waals surface area contributed by atoms with Crippen LogP contribution in [0.2, 0.25) is 0 Å². The first-order valence-electron chi connectivity index (χ1n) is 6.05. The topological polar surface area (TPSA) is 117 Å². The van der Waals surface area contributed by atoms with Crippen molar-refractivity contribution >= 4 is 28.5 Å². The van der Waals surface area contributed by atoms with Gasteiger partial charge in [-0.05, 0) is 12.1 Å². The van der Waals surface area contributed by atoms with Crippen LogP contribution in [0.15, 0.2) is 29.3 Å². The molecule has 0 radical (unpaired) electrons. The molecule has 2 aliphatic heterocycles. The minimum atomic E-state index is -0.901. The fourth-order valence-corrected chi connectivity index (χ4v) is 3.02. The lowest BCUT2D eigenvalue weighted by Crippen LogP contribution is -2.46. The summed E-state index contributed by atoms with van der Waals surface area (Å²) in [6, 6.07) is 5.89. The predicted molar refractivity (Wildman–Crippen MR) is 74.7 cm³/mol. The normalized spacial score (nSPS) is 28.7. The molecular formula is C12H11N3O5S. The standard InChI is InChI=1S/C12H11N3O5S/c13-11-14-10(16)12(21-11)5-19-9(20-6-12)7-1-3-8(4-2-7)15(17)18/h1-4,9H,5-6H2,(H2,13,14,16). The Balaban J connectivity index is 1.69. The Morgan fingerprint density at radius 3 is 2.43 bits per heavy atom. The van der Waals surface area contributed by atoms with Crippen LogP contribution in [0, 0.1) is 10.1 Å². The quantitative estimate of drug-likeness (QED) is 0.638. The summed E-state index contributed by atoms with van der Waals surface area (Å²) in [5.41, 5.74) is 6.19. The van der Waals surface area contributed by atoms with Crippen molar-refractivity contribution in [2.75, 3.05) is 13.2 Å². The van der Waals surface area contributed by atoms with Gasteiger partial charge in [-0.2, -0.15) is 4.99 Å². The van der Waals surface area contributed by atoms with Crippen molar-refractivity contribution in [3.8, 4) is 0 Å². The number of ether oxygens (including phenoxy) is 2. The van der Waals surface area contributed by atoms with Crippen LogP contribution in [-0.2, 0) is 14.3 Å². The average Bonchev–Trinajstić information content (AvgIpc) is 2.74. The number of nitrogens with zero attached hydrogens (tertiary/aromatic N) is 2. The van der Waals surface area contributed by atoms with E-state index in [0.29, 0.717) is 5.56 Å². The smallest absolute Gasteiger partial charge is 0.269 e. The highest BCUT2D eigenvalue weighted by molar-refractivity contribution is 8.16. The zero-order valence-electron chi connectivity index (χ0n) is 10.7. The largest absolute Gasteiger partial charge is 0.378 e. The SMILES string of the molecule is NC1=NC(=O)C2(COC(c3ccc([N+](=O)[O-])cc3)OC2)S1. The van der Waals surface area contributed by atoms with Crippen molar-refractivity contribution in [2.45, 2.75) is 11.0 Å². The monoisotopic (exact) mass is 309 g/mol. The summed E-state index contributed by atoms with van der Waals surface area (Å²) in [5, 5.41) is 10.8. The third-order valence-electron chi connectivity index (χ3n) is 3.21. The lowest BCUT2D eigenvalue weighted by atomic mass is 10.1. The lowest BCUT2D eigenvalue weighted by Gasteiger charge is -2.34. The van der Waals surface area contributed by atoms with Gasteiger partial charge in [0.15, 0.2) is 16.2 Å². The second kappa shape index (κ2) is 5.10. The molecule has 21 heavy (non-hydrogen) atoms. The highest BCUT2D eigenvalue weighted by Gasteiger charge is 2.49. The van der Waals surface area contributed by atoms with Crippen LogP contribution < -0.4 is 5.73 Å². The van der Waals surface area contributed by atoms with E-state index in [9.17, 15) is 14.9 Å². The van der Waals surface area contributed by atoms with E-state index in [1.54, 1.807) is 12.1 Å². The lowest BCUT2D eigenvalue weighted by molar-refractivity contribution is -0.384. The van der Waals surface area contributed by atoms with Crippen LogP contribution in [0.25, 0.3) is 0 Å². The van der Waals surface area contributed by atoms with E-state index in [4.69, 9.17) is 15.2 Å². The number of amidine groups is 1. The summed E-state index contributed by atoms with van der Waals surface area (Å²) in [7, 11) is 0. The fraction of sp³-hybridized carbons (Fsp3) is 0.333. The molecular weight excluding hydrogens is 298 g/mol. The van der Waals surface area contributed by atoms with Crippen molar-refractivity contribution in [1.82, 2.24) is 0 Å². The van der Waals surface area contributed by atoms with Crippen LogP contribution in [0.5, 0.6) is 0 Å². The number of amides is 1. The highest BCUT2D eigenvalue weighted by Crippen LogP contribution is 2.39. The summed E-state index contributed by atoms with van der Waals surface area (Å²) in [4.78, 5) is 25.6. The first-order valence-corrected chi connectivity index (χ1v) is 6.87. The Morgan fingerprint density at radius 1 is 1.33 bits per heavy atom. The Labute approximate surface area is 123 Å². The molecule has 8 nitrogen and oxygen atoms in total. The Morgan fingerprint density at radius 2 is 1.95 bits per heavy atom. The van der Waals surface area contributed by atoms with Gasteiger partial charge >= 0.3 is 0 Å². The molecule has 3 rings (SSSR count). The minimum Gasteiger partial charge on any atom is -0.378 e. The van der Waals surface area contributed by atoms with Crippen LogP contribution in [-0.4, -0.2) is 34.0 Å². The molecule has 0 unspecified atom stereocenters. The minimum absolute atomic E-state index is 0.00581. The molecule has 1 fully saturated rings. The number of nitrogens with two attached hydrogens (primary N) is 1. The molecule has 0 atom stereocenters. The van der Waals surface area contributed by atoms with E-state index >= 15 is 0 Å². The molecule has 1 aromatic carbocycles. The summed E-state index contributed by atoms with van der Waals surface area (Å²) in [6.45, 7) is 0.255.